The molecule has 110 valence electrons. The number of carbonyl (C=O) groups excluding carboxylic acids is 2. The van der Waals surface area contributed by atoms with Crippen LogP contribution in [0.4, 0.5) is 0 Å². The lowest BCUT2D eigenvalue weighted by atomic mass is 9.83. The average Bonchev–Trinajstić information content (AvgIpc) is 2.68. The van der Waals surface area contributed by atoms with Gasteiger partial charge in [-0.1, -0.05) is 12.1 Å². The van der Waals surface area contributed by atoms with Gasteiger partial charge in [0.25, 0.3) is 0 Å². The quantitative estimate of drug-likeness (QED) is 0.844. The van der Waals surface area contributed by atoms with E-state index in [0.717, 1.165) is 11.3 Å². The first-order valence-corrected chi connectivity index (χ1v) is 6.84. The Hall–Kier alpha value is -2.30. The Labute approximate surface area is 122 Å². The highest BCUT2D eigenvalue weighted by molar-refractivity contribution is 5.99. The van der Waals surface area contributed by atoms with Crippen molar-refractivity contribution in [3.8, 4) is 5.75 Å². The number of rotatable bonds is 2. The van der Waals surface area contributed by atoms with Crippen LogP contribution in [0, 0.1) is 0 Å². The normalized spacial score (nSPS) is 23.5. The molecule has 21 heavy (non-hydrogen) atoms. The third-order valence-corrected chi connectivity index (χ3v) is 3.96. The highest BCUT2D eigenvalue weighted by Crippen LogP contribution is 2.42. The van der Waals surface area contributed by atoms with Crippen molar-refractivity contribution in [3.63, 3.8) is 0 Å². The molecule has 2 heterocycles. The monoisotopic (exact) mass is 287 g/mol. The molecule has 0 saturated heterocycles. The first-order valence-electron chi connectivity index (χ1n) is 6.84. The molecule has 2 aliphatic rings. The maximum absolute atomic E-state index is 12.2. The lowest BCUT2D eigenvalue weighted by molar-refractivity contribution is -0.144. The van der Waals surface area contributed by atoms with Gasteiger partial charge in [0.2, 0.25) is 5.91 Å². The molecule has 0 saturated carbocycles. The summed E-state index contributed by atoms with van der Waals surface area (Å²) in [6.45, 7) is 3.56. The molecule has 0 aliphatic carbocycles. The Morgan fingerprint density at radius 2 is 1.90 bits per heavy atom. The maximum atomic E-state index is 12.2. The van der Waals surface area contributed by atoms with Gasteiger partial charge in [0.1, 0.15) is 11.4 Å². The molecular formula is C16H17NO4. The number of esters is 1. The summed E-state index contributed by atoms with van der Waals surface area (Å²) in [5.74, 6) is 0.0215. The second kappa shape index (κ2) is 4.62. The minimum atomic E-state index is -0.785. The standard InChI is InChI=1S/C16H17NO4/c1-16(2)14-13(15(19)21-16)11(8-12(18)17-14)9-4-6-10(20-3)7-5-9/h4-7,11H,8H2,1-3H3,(H,17,18)/t11-/m1/s1. The molecule has 5 nitrogen and oxygen atoms in total. The van der Waals surface area contributed by atoms with Crippen molar-refractivity contribution in [2.45, 2.75) is 31.8 Å². The molecule has 2 aliphatic heterocycles. The van der Waals surface area contributed by atoms with Crippen LogP contribution in [-0.2, 0) is 14.3 Å². The number of hydrogen-bond acceptors (Lipinski definition) is 4. The Balaban J connectivity index is 2.06. The summed E-state index contributed by atoms with van der Waals surface area (Å²) in [7, 11) is 1.60. The van der Waals surface area contributed by atoms with Gasteiger partial charge in [-0.25, -0.2) is 4.79 Å². The van der Waals surface area contributed by atoms with Gasteiger partial charge >= 0.3 is 5.97 Å². The molecule has 0 spiro atoms. The van der Waals surface area contributed by atoms with Crippen molar-refractivity contribution < 1.29 is 19.1 Å². The number of cyclic esters (lactones) is 1. The van der Waals surface area contributed by atoms with Crippen LogP contribution in [-0.4, -0.2) is 24.6 Å². The van der Waals surface area contributed by atoms with E-state index in [0.29, 0.717) is 11.3 Å². The zero-order valence-electron chi connectivity index (χ0n) is 12.2. The molecule has 0 bridgehead atoms. The third kappa shape index (κ3) is 2.18. The van der Waals surface area contributed by atoms with Gasteiger partial charge in [0.15, 0.2) is 0 Å². The number of hydrogen-bond donors (Lipinski definition) is 1. The summed E-state index contributed by atoms with van der Waals surface area (Å²) in [5, 5.41) is 2.79. The van der Waals surface area contributed by atoms with E-state index in [-0.39, 0.29) is 24.2 Å². The molecule has 1 N–H and O–H groups in total. The van der Waals surface area contributed by atoms with Crippen molar-refractivity contribution in [3.05, 3.63) is 41.1 Å². The summed E-state index contributed by atoms with van der Waals surface area (Å²) in [6.07, 6.45) is 0.246. The van der Waals surface area contributed by atoms with Crippen LogP contribution in [0.1, 0.15) is 31.7 Å². The van der Waals surface area contributed by atoms with Gasteiger partial charge in [-0.05, 0) is 31.5 Å². The largest absolute Gasteiger partial charge is 0.497 e. The van der Waals surface area contributed by atoms with Gasteiger partial charge in [-0.15, -0.1) is 0 Å². The predicted octanol–water partition coefficient (Wildman–Crippen LogP) is 1.89. The molecule has 3 rings (SSSR count). The summed E-state index contributed by atoms with van der Waals surface area (Å²) < 4.78 is 10.5. The molecule has 1 aromatic rings. The van der Waals surface area contributed by atoms with E-state index < -0.39 is 5.60 Å². The van der Waals surface area contributed by atoms with Crippen molar-refractivity contribution >= 4 is 11.9 Å². The summed E-state index contributed by atoms with van der Waals surface area (Å²) in [6, 6.07) is 7.41. The van der Waals surface area contributed by atoms with E-state index in [2.05, 4.69) is 5.32 Å². The molecule has 1 amide bonds. The van der Waals surface area contributed by atoms with Gasteiger partial charge < -0.3 is 14.8 Å². The van der Waals surface area contributed by atoms with Crippen molar-refractivity contribution in [1.82, 2.24) is 5.32 Å². The third-order valence-electron chi connectivity index (χ3n) is 3.96. The van der Waals surface area contributed by atoms with Crippen LogP contribution >= 0.6 is 0 Å². The number of methoxy groups -OCH3 is 1. The van der Waals surface area contributed by atoms with Crippen molar-refractivity contribution in [2.24, 2.45) is 0 Å². The van der Waals surface area contributed by atoms with E-state index in [1.807, 2.05) is 24.3 Å². The van der Waals surface area contributed by atoms with Gasteiger partial charge in [0.05, 0.1) is 18.4 Å². The highest BCUT2D eigenvalue weighted by Gasteiger charge is 2.47. The van der Waals surface area contributed by atoms with Crippen LogP contribution in [0.5, 0.6) is 5.75 Å². The molecule has 1 aromatic carbocycles. The summed E-state index contributed by atoms with van der Waals surface area (Å²) in [4.78, 5) is 24.2. The molecule has 1 atom stereocenters. The first kappa shape index (κ1) is 13.7. The minimum absolute atomic E-state index is 0.0963. The number of carbonyl (C=O) groups is 2. The van der Waals surface area contributed by atoms with Gasteiger partial charge in [-0.2, -0.15) is 0 Å². The SMILES string of the molecule is COc1ccc([C@H]2CC(=O)NC3=C2C(=O)OC3(C)C)cc1. The molecule has 0 aromatic heterocycles. The minimum Gasteiger partial charge on any atom is -0.497 e. The average molecular weight is 287 g/mol. The van der Waals surface area contributed by atoms with Crippen molar-refractivity contribution in [1.29, 1.82) is 0 Å². The number of amides is 1. The fraction of sp³-hybridized carbons (Fsp3) is 0.375. The molecule has 0 radical (unpaired) electrons. The Morgan fingerprint density at radius 1 is 1.24 bits per heavy atom. The Morgan fingerprint density at radius 3 is 2.52 bits per heavy atom. The van der Waals surface area contributed by atoms with Crippen LogP contribution in [0.25, 0.3) is 0 Å². The fourth-order valence-corrected chi connectivity index (χ4v) is 2.90. The Bertz CT molecular complexity index is 643. The number of nitrogens with one attached hydrogen (secondary N) is 1. The highest BCUT2D eigenvalue weighted by atomic mass is 16.6. The lowest BCUT2D eigenvalue weighted by Gasteiger charge is -2.27. The molecule has 0 unspecified atom stereocenters. The van der Waals surface area contributed by atoms with E-state index in [4.69, 9.17) is 9.47 Å². The van der Waals surface area contributed by atoms with Crippen LogP contribution in [0.15, 0.2) is 35.5 Å². The topological polar surface area (TPSA) is 64.6 Å². The Kier molecular flexibility index (Phi) is 3.01. The second-order valence-electron chi connectivity index (χ2n) is 5.77. The van der Waals surface area contributed by atoms with Crippen LogP contribution < -0.4 is 10.1 Å². The number of benzene rings is 1. The second-order valence-corrected chi connectivity index (χ2v) is 5.77. The lowest BCUT2D eigenvalue weighted by Crippen LogP contribution is -2.38. The van der Waals surface area contributed by atoms with E-state index in [9.17, 15) is 9.59 Å². The smallest absolute Gasteiger partial charge is 0.337 e. The summed E-state index contributed by atoms with van der Waals surface area (Å²) in [5.41, 5.74) is 1.27. The zero-order valence-corrected chi connectivity index (χ0v) is 12.2. The predicted molar refractivity (Wildman–Crippen MR) is 75.7 cm³/mol. The van der Waals surface area contributed by atoms with E-state index >= 15 is 0 Å². The zero-order chi connectivity index (χ0) is 15.2. The van der Waals surface area contributed by atoms with Gasteiger partial charge in [-0.3, -0.25) is 4.79 Å². The first-order chi connectivity index (χ1) is 9.92. The fourth-order valence-electron chi connectivity index (χ4n) is 2.90. The van der Waals surface area contributed by atoms with Crippen LogP contribution in [0.3, 0.4) is 0 Å². The number of ether oxygens (including phenoxy) is 2. The van der Waals surface area contributed by atoms with E-state index in [1.54, 1.807) is 21.0 Å². The molecule has 0 fully saturated rings. The van der Waals surface area contributed by atoms with Crippen molar-refractivity contribution in [2.75, 3.05) is 7.11 Å². The summed E-state index contributed by atoms with van der Waals surface area (Å²) >= 11 is 0. The van der Waals surface area contributed by atoms with Gasteiger partial charge in [0, 0.05) is 12.3 Å². The van der Waals surface area contributed by atoms with Crippen LogP contribution in [0.2, 0.25) is 0 Å². The molecular weight excluding hydrogens is 270 g/mol. The maximum Gasteiger partial charge on any atom is 0.337 e. The molecule has 5 heteroatoms. The van der Waals surface area contributed by atoms with E-state index in [1.165, 1.54) is 0 Å².